The monoisotopic (exact) mass is 279 g/mol. The molecule has 1 aromatic rings. The van der Waals surface area contributed by atoms with E-state index in [0.717, 1.165) is 30.9 Å². The van der Waals surface area contributed by atoms with Crippen molar-refractivity contribution in [3.63, 3.8) is 0 Å². The Labute approximate surface area is 123 Å². The fraction of sp³-hybridized carbons (Fsp3) is 0.733. The van der Waals surface area contributed by atoms with E-state index in [9.17, 15) is 0 Å². The SMILES string of the molecule is CCN(CC)CCCC(C)NCc1cnc(N)nc1C. The molecular weight excluding hydrogens is 250 g/mol. The molecule has 0 saturated heterocycles. The Balaban J connectivity index is 2.27. The van der Waals surface area contributed by atoms with Crippen LogP contribution in [-0.2, 0) is 6.54 Å². The third-order valence-corrected chi connectivity index (χ3v) is 3.75. The highest BCUT2D eigenvalue weighted by atomic mass is 15.1. The second-order valence-corrected chi connectivity index (χ2v) is 5.29. The lowest BCUT2D eigenvalue weighted by Gasteiger charge is -2.20. The van der Waals surface area contributed by atoms with Gasteiger partial charge in [-0.3, -0.25) is 0 Å². The zero-order valence-corrected chi connectivity index (χ0v) is 13.3. The predicted octanol–water partition coefficient (Wildman–Crippen LogP) is 1.97. The van der Waals surface area contributed by atoms with Crippen LogP contribution >= 0.6 is 0 Å². The van der Waals surface area contributed by atoms with Crippen molar-refractivity contribution in [3.8, 4) is 0 Å². The maximum Gasteiger partial charge on any atom is 0.220 e. The molecule has 1 unspecified atom stereocenters. The molecule has 5 heteroatoms. The number of nitrogen functional groups attached to an aromatic ring is 1. The lowest BCUT2D eigenvalue weighted by Crippen LogP contribution is -2.29. The van der Waals surface area contributed by atoms with Crippen molar-refractivity contribution in [1.29, 1.82) is 0 Å². The highest BCUT2D eigenvalue weighted by Gasteiger charge is 2.06. The average Bonchev–Trinajstić information content (AvgIpc) is 2.42. The van der Waals surface area contributed by atoms with Crippen LogP contribution in [0.3, 0.4) is 0 Å². The Morgan fingerprint density at radius 2 is 2.05 bits per heavy atom. The van der Waals surface area contributed by atoms with Gasteiger partial charge in [-0.15, -0.1) is 0 Å². The molecule has 0 saturated carbocycles. The molecule has 3 N–H and O–H groups in total. The summed E-state index contributed by atoms with van der Waals surface area (Å²) in [6.45, 7) is 12.9. The summed E-state index contributed by atoms with van der Waals surface area (Å²) in [5, 5.41) is 3.53. The van der Waals surface area contributed by atoms with Gasteiger partial charge in [0.15, 0.2) is 0 Å². The van der Waals surface area contributed by atoms with Crippen molar-refractivity contribution in [3.05, 3.63) is 17.5 Å². The molecule has 114 valence electrons. The molecule has 1 aromatic heterocycles. The number of nitrogens with zero attached hydrogens (tertiary/aromatic N) is 3. The minimum atomic E-state index is 0.346. The first kappa shape index (κ1) is 16.9. The minimum absolute atomic E-state index is 0.346. The zero-order chi connectivity index (χ0) is 15.0. The molecule has 0 spiro atoms. The van der Waals surface area contributed by atoms with E-state index in [4.69, 9.17) is 5.73 Å². The second-order valence-electron chi connectivity index (χ2n) is 5.29. The summed E-state index contributed by atoms with van der Waals surface area (Å²) < 4.78 is 0. The van der Waals surface area contributed by atoms with Crippen molar-refractivity contribution < 1.29 is 0 Å². The number of aromatic nitrogens is 2. The Kier molecular flexibility index (Phi) is 7.47. The normalized spacial score (nSPS) is 12.8. The molecule has 0 aliphatic carbocycles. The summed E-state index contributed by atoms with van der Waals surface area (Å²) >= 11 is 0. The lowest BCUT2D eigenvalue weighted by atomic mass is 10.1. The number of hydrogen-bond acceptors (Lipinski definition) is 5. The van der Waals surface area contributed by atoms with Gasteiger partial charge in [0.05, 0.1) is 0 Å². The van der Waals surface area contributed by atoms with Crippen LogP contribution in [-0.4, -0.2) is 40.5 Å². The van der Waals surface area contributed by atoms with Gasteiger partial charge in [-0.05, 0) is 46.3 Å². The van der Waals surface area contributed by atoms with Crippen molar-refractivity contribution in [2.45, 2.75) is 53.1 Å². The van der Waals surface area contributed by atoms with E-state index in [1.807, 2.05) is 13.1 Å². The van der Waals surface area contributed by atoms with E-state index in [0.29, 0.717) is 12.0 Å². The van der Waals surface area contributed by atoms with Gasteiger partial charge in [0.1, 0.15) is 0 Å². The Morgan fingerprint density at radius 3 is 2.65 bits per heavy atom. The van der Waals surface area contributed by atoms with E-state index in [1.54, 1.807) is 0 Å². The number of anilines is 1. The Morgan fingerprint density at radius 1 is 1.35 bits per heavy atom. The number of aryl methyl sites for hydroxylation is 1. The summed E-state index contributed by atoms with van der Waals surface area (Å²) in [5.74, 6) is 0.346. The summed E-state index contributed by atoms with van der Waals surface area (Å²) in [6, 6.07) is 0.502. The van der Waals surface area contributed by atoms with E-state index < -0.39 is 0 Å². The average molecular weight is 279 g/mol. The second kappa shape index (κ2) is 8.87. The molecule has 1 rings (SSSR count). The molecule has 0 aliphatic rings. The van der Waals surface area contributed by atoms with Crippen LogP contribution in [0.2, 0.25) is 0 Å². The van der Waals surface area contributed by atoms with Crippen molar-refractivity contribution in [2.24, 2.45) is 0 Å². The zero-order valence-electron chi connectivity index (χ0n) is 13.3. The van der Waals surface area contributed by atoms with Gasteiger partial charge in [0.2, 0.25) is 5.95 Å². The summed E-state index contributed by atoms with van der Waals surface area (Å²) in [6.07, 6.45) is 4.23. The number of nitrogens with one attached hydrogen (secondary N) is 1. The topological polar surface area (TPSA) is 67.1 Å². The van der Waals surface area contributed by atoms with Crippen LogP contribution in [0.1, 0.15) is 44.9 Å². The van der Waals surface area contributed by atoms with Gasteiger partial charge in [0.25, 0.3) is 0 Å². The Bertz CT molecular complexity index is 390. The van der Waals surface area contributed by atoms with Crippen molar-refractivity contribution >= 4 is 5.95 Å². The molecule has 5 nitrogen and oxygen atoms in total. The number of rotatable bonds is 9. The van der Waals surface area contributed by atoms with Crippen LogP contribution in [0.15, 0.2) is 6.20 Å². The van der Waals surface area contributed by atoms with Gasteiger partial charge < -0.3 is 16.0 Å². The number of hydrogen-bond donors (Lipinski definition) is 2. The maximum absolute atomic E-state index is 5.56. The molecule has 0 amide bonds. The van der Waals surface area contributed by atoms with Gasteiger partial charge in [0, 0.05) is 30.0 Å². The third kappa shape index (κ3) is 5.84. The van der Waals surface area contributed by atoms with Crippen molar-refractivity contribution in [2.75, 3.05) is 25.4 Å². The van der Waals surface area contributed by atoms with E-state index in [-0.39, 0.29) is 0 Å². The van der Waals surface area contributed by atoms with Crippen LogP contribution < -0.4 is 11.1 Å². The minimum Gasteiger partial charge on any atom is -0.368 e. The first-order chi connectivity index (χ1) is 9.56. The summed E-state index contributed by atoms with van der Waals surface area (Å²) in [4.78, 5) is 10.7. The molecule has 1 atom stereocenters. The lowest BCUT2D eigenvalue weighted by molar-refractivity contribution is 0.290. The van der Waals surface area contributed by atoms with Gasteiger partial charge in [-0.25, -0.2) is 9.97 Å². The molecule has 0 radical (unpaired) electrons. The molecular formula is C15H29N5. The first-order valence-corrected chi connectivity index (χ1v) is 7.60. The third-order valence-electron chi connectivity index (χ3n) is 3.75. The smallest absolute Gasteiger partial charge is 0.220 e. The van der Waals surface area contributed by atoms with Gasteiger partial charge in [-0.1, -0.05) is 13.8 Å². The molecule has 0 fully saturated rings. The van der Waals surface area contributed by atoms with Gasteiger partial charge >= 0.3 is 0 Å². The molecule has 0 aliphatic heterocycles. The standard InChI is InChI=1S/C15H29N5/c1-5-20(6-2)9-7-8-12(3)17-10-14-11-18-15(16)19-13(14)4/h11-12,17H,5-10H2,1-4H3,(H2,16,18,19). The fourth-order valence-electron chi connectivity index (χ4n) is 2.23. The van der Waals surface area contributed by atoms with E-state index >= 15 is 0 Å². The molecule has 20 heavy (non-hydrogen) atoms. The number of nitrogens with two attached hydrogens (primary N) is 1. The molecule has 1 heterocycles. The van der Waals surface area contributed by atoms with Gasteiger partial charge in [-0.2, -0.15) is 0 Å². The predicted molar refractivity (Wildman–Crippen MR) is 84.5 cm³/mol. The summed E-state index contributed by atoms with van der Waals surface area (Å²) in [5.41, 5.74) is 7.64. The maximum atomic E-state index is 5.56. The van der Waals surface area contributed by atoms with Crippen LogP contribution in [0.5, 0.6) is 0 Å². The molecule has 0 bridgehead atoms. The first-order valence-electron chi connectivity index (χ1n) is 7.60. The highest BCUT2D eigenvalue weighted by molar-refractivity contribution is 5.23. The molecule has 0 aromatic carbocycles. The van der Waals surface area contributed by atoms with Crippen LogP contribution in [0.25, 0.3) is 0 Å². The quantitative estimate of drug-likeness (QED) is 0.723. The van der Waals surface area contributed by atoms with Crippen LogP contribution in [0.4, 0.5) is 5.95 Å². The largest absolute Gasteiger partial charge is 0.368 e. The highest BCUT2D eigenvalue weighted by Crippen LogP contribution is 2.06. The van der Waals surface area contributed by atoms with Crippen molar-refractivity contribution in [1.82, 2.24) is 20.2 Å². The van der Waals surface area contributed by atoms with Crippen LogP contribution in [0, 0.1) is 6.92 Å². The Hall–Kier alpha value is -1.20. The van der Waals surface area contributed by atoms with E-state index in [2.05, 4.69) is 41.0 Å². The van der Waals surface area contributed by atoms with E-state index in [1.165, 1.54) is 19.4 Å². The summed E-state index contributed by atoms with van der Waals surface area (Å²) in [7, 11) is 0. The fourth-order valence-corrected chi connectivity index (χ4v) is 2.23.